The monoisotopic (exact) mass is 568 g/mol. The molecule has 0 radical (unpaired) electrons. The van der Waals surface area contributed by atoms with Gasteiger partial charge in [-0.3, -0.25) is 0 Å². The topological polar surface area (TPSA) is 62.8 Å². The van der Waals surface area contributed by atoms with Crippen molar-refractivity contribution in [2.24, 2.45) is 0 Å². The van der Waals surface area contributed by atoms with Crippen LogP contribution in [0, 0.1) is 0 Å². The molecule has 3 heterocycles. The smallest absolute Gasteiger partial charge is 0.416 e. The molecule has 214 valence electrons. The molecule has 5 nitrogen and oxygen atoms in total. The lowest BCUT2D eigenvalue weighted by Gasteiger charge is -2.49. The van der Waals surface area contributed by atoms with Crippen molar-refractivity contribution in [3.8, 4) is 5.88 Å². The zero-order chi connectivity index (χ0) is 29.2. The molecule has 1 unspecified atom stereocenters. The maximum Gasteiger partial charge on any atom is 0.416 e. The average molecular weight is 569 g/mol. The Balaban J connectivity index is 1.78. The molecular formula is C31H39F3N4OSi. The number of hydrogen-bond acceptors (Lipinski definition) is 4. The highest BCUT2D eigenvalue weighted by atomic mass is 28.3. The summed E-state index contributed by atoms with van der Waals surface area (Å²) in [6.07, 6.45) is -0.447. The highest BCUT2D eigenvalue weighted by Gasteiger charge is 2.51. The van der Waals surface area contributed by atoms with Crippen molar-refractivity contribution in [2.75, 3.05) is 12.4 Å². The minimum atomic E-state index is -4.35. The van der Waals surface area contributed by atoms with Gasteiger partial charge in [-0.25, -0.2) is 4.98 Å². The molecule has 0 saturated heterocycles. The van der Waals surface area contributed by atoms with E-state index < -0.39 is 19.8 Å². The molecule has 1 aromatic carbocycles. The van der Waals surface area contributed by atoms with Gasteiger partial charge >= 0.3 is 6.18 Å². The Morgan fingerprint density at radius 1 is 0.900 bits per heavy atom. The molecule has 0 fully saturated rings. The lowest BCUT2D eigenvalue weighted by Crippen LogP contribution is -2.51. The Bertz CT molecular complexity index is 1410. The number of aromatic nitrogens is 3. The van der Waals surface area contributed by atoms with E-state index in [9.17, 15) is 13.2 Å². The molecule has 0 aliphatic carbocycles. The zero-order valence-electron chi connectivity index (χ0n) is 24.2. The predicted molar refractivity (Wildman–Crippen MR) is 159 cm³/mol. The van der Waals surface area contributed by atoms with Crippen molar-refractivity contribution < 1.29 is 17.9 Å². The highest BCUT2D eigenvalue weighted by molar-refractivity contribution is 6.85. The largest absolute Gasteiger partial charge is 0.481 e. The molecule has 1 atom stereocenters. The van der Waals surface area contributed by atoms with Gasteiger partial charge in [0.15, 0.2) is 0 Å². The molecule has 0 aliphatic heterocycles. The van der Waals surface area contributed by atoms with E-state index in [1.807, 2.05) is 12.1 Å². The predicted octanol–water partition coefficient (Wildman–Crippen LogP) is 8.95. The molecule has 0 aliphatic rings. The zero-order valence-corrected chi connectivity index (χ0v) is 25.2. The fourth-order valence-corrected chi connectivity index (χ4v) is 14.4. The van der Waals surface area contributed by atoms with Gasteiger partial charge in [0.05, 0.1) is 20.7 Å². The molecular weight excluding hydrogens is 529 g/mol. The number of methoxy groups -OCH3 is 1. The third kappa shape index (κ3) is 5.48. The SMILES string of the molecule is COc1nc(NCc2ccc(C(F)(F)F)cc2)ccc1C(c1c[nH]c2ncccc12)[Si](C(C)C)(C(C)C)C(C)C. The Labute approximate surface area is 235 Å². The van der Waals surface area contributed by atoms with Gasteiger partial charge < -0.3 is 15.0 Å². The lowest BCUT2D eigenvalue weighted by molar-refractivity contribution is -0.137. The summed E-state index contributed by atoms with van der Waals surface area (Å²) in [7, 11) is -0.515. The summed E-state index contributed by atoms with van der Waals surface area (Å²) in [5, 5.41) is 4.36. The van der Waals surface area contributed by atoms with Gasteiger partial charge in [-0.15, -0.1) is 0 Å². The number of H-pyrrole nitrogens is 1. The van der Waals surface area contributed by atoms with E-state index in [0.29, 0.717) is 34.9 Å². The van der Waals surface area contributed by atoms with Crippen LogP contribution < -0.4 is 10.1 Å². The quantitative estimate of drug-likeness (QED) is 0.188. The van der Waals surface area contributed by atoms with E-state index in [0.717, 1.165) is 34.3 Å². The number of anilines is 1. The molecule has 40 heavy (non-hydrogen) atoms. The number of hydrogen-bond donors (Lipinski definition) is 2. The Hall–Kier alpha value is -3.33. The van der Waals surface area contributed by atoms with E-state index in [1.54, 1.807) is 13.3 Å². The Morgan fingerprint density at radius 3 is 2.12 bits per heavy atom. The molecule has 4 aromatic rings. The summed E-state index contributed by atoms with van der Waals surface area (Å²) in [6.45, 7) is 14.5. The number of rotatable bonds is 10. The number of nitrogens with one attached hydrogen (secondary N) is 2. The molecule has 3 aromatic heterocycles. The van der Waals surface area contributed by atoms with Gasteiger partial charge in [0.25, 0.3) is 0 Å². The molecule has 0 bridgehead atoms. The number of alkyl halides is 3. The molecule has 2 N–H and O–H groups in total. The van der Waals surface area contributed by atoms with Crippen molar-refractivity contribution in [1.82, 2.24) is 15.0 Å². The summed E-state index contributed by atoms with van der Waals surface area (Å²) >= 11 is 0. The Morgan fingerprint density at radius 2 is 1.55 bits per heavy atom. The van der Waals surface area contributed by atoms with E-state index in [1.165, 1.54) is 17.7 Å². The number of benzene rings is 1. The van der Waals surface area contributed by atoms with Crippen molar-refractivity contribution in [3.63, 3.8) is 0 Å². The molecule has 9 heteroatoms. The number of nitrogens with zero attached hydrogens (tertiary/aromatic N) is 2. The minimum absolute atomic E-state index is 0.0943. The molecule has 4 rings (SSSR count). The summed E-state index contributed by atoms with van der Waals surface area (Å²) in [5.41, 5.74) is 4.72. The summed E-state index contributed by atoms with van der Waals surface area (Å²) in [4.78, 5) is 12.8. The summed E-state index contributed by atoms with van der Waals surface area (Å²) in [6, 6.07) is 13.3. The second kappa shape index (κ2) is 11.6. The van der Waals surface area contributed by atoms with Crippen molar-refractivity contribution >= 4 is 24.9 Å². The first-order valence-corrected chi connectivity index (χ1v) is 16.1. The fourth-order valence-electron chi connectivity index (χ4n) is 6.86. The fraction of sp³-hybridized carbons (Fsp3) is 0.419. The van der Waals surface area contributed by atoms with Crippen LogP contribution in [0.1, 0.15) is 69.3 Å². The number of ether oxygens (including phenoxy) is 1. The van der Waals surface area contributed by atoms with Gasteiger partial charge in [0.1, 0.15) is 11.5 Å². The maximum absolute atomic E-state index is 12.9. The third-order valence-electron chi connectivity index (χ3n) is 8.44. The van der Waals surface area contributed by atoms with Crippen LogP contribution in [0.5, 0.6) is 5.88 Å². The standard InChI is InChI=1S/C31H39F3N4OSi/c1-19(2)40(20(3)4,21(5)6)28(26-18-37-29-24(26)9-8-16-35-29)25-14-15-27(38-30(25)39-7)36-17-22-10-12-23(13-11-22)31(32,33)34/h8-16,18-21,28H,17H2,1-7H3,(H,35,37)(H,36,38). The first kappa shape index (κ1) is 29.6. The van der Waals surface area contributed by atoms with Crippen LogP contribution in [0.15, 0.2) is 60.9 Å². The first-order chi connectivity index (χ1) is 18.9. The average Bonchev–Trinajstić information content (AvgIpc) is 3.33. The number of halogens is 3. The van der Waals surface area contributed by atoms with E-state index >= 15 is 0 Å². The van der Waals surface area contributed by atoms with Gasteiger partial charge in [-0.05, 0) is 64.1 Å². The van der Waals surface area contributed by atoms with Crippen LogP contribution in [-0.4, -0.2) is 30.1 Å². The van der Waals surface area contributed by atoms with Crippen molar-refractivity contribution in [2.45, 2.75) is 76.4 Å². The first-order valence-electron chi connectivity index (χ1n) is 13.8. The van der Waals surface area contributed by atoms with Crippen LogP contribution in [0.25, 0.3) is 11.0 Å². The van der Waals surface area contributed by atoms with E-state index in [4.69, 9.17) is 9.72 Å². The van der Waals surface area contributed by atoms with Crippen molar-refractivity contribution in [1.29, 1.82) is 0 Å². The van der Waals surface area contributed by atoms with Gasteiger partial charge in [-0.1, -0.05) is 53.7 Å². The molecule has 0 saturated carbocycles. The third-order valence-corrected chi connectivity index (χ3v) is 16.1. The van der Waals surface area contributed by atoms with Crippen LogP contribution in [0.2, 0.25) is 16.6 Å². The molecule has 0 amide bonds. The minimum Gasteiger partial charge on any atom is -0.481 e. The number of aromatic amines is 1. The van der Waals surface area contributed by atoms with Gasteiger partial charge in [-0.2, -0.15) is 18.2 Å². The van der Waals surface area contributed by atoms with E-state index in [2.05, 4.69) is 75.2 Å². The normalized spacial score (nSPS) is 13.4. The lowest BCUT2D eigenvalue weighted by atomic mass is 10.0. The van der Waals surface area contributed by atoms with E-state index in [-0.39, 0.29) is 5.54 Å². The second-order valence-corrected chi connectivity index (χ2v) is 17.4. The van der Waals surface area contributed by atoms with Crippen LogP contribution >= 0.6 is 0 Å². The molecule has 0 spiro atoms. The van der Waals surface area contributed by atoms with Crippen LogP contribution in [0.4, 0.5) is 19.0 Å². The van der Waals surface area contributed by atoms with Crippen LogP contribution in [0.3, 0.4) is 0 Å². The summed E-state index contributed by atoms with van der Waals surface area (Å²) < 4.78 is 44.7. The highest BCUT2D eigenvalue weighted by Crippen LogP contribution is 2.55. The van der Waals surface area contributed by atoms with Gasteiger partial charge in [0, 0.05) is 35.4 Å². The summed E-state index contributed by atoms with van der Waals surface area (Å²) in [5.74, 6) is 1.16. The maximum atomic E-state index is 12.9. The second-order valence-electron chi connectivity index (χ2n) is 11.4. The van der Waals surface area contributed by atoms with Crippen LogP contribution in [-0.2, 0) is 12.7 Å². The van der Waals surface area contributed by atoms with Gasteiger partial charge in [0.2, 0.25) is 5.88 Å². The number of pyridine rings is 2. The Kier molecular flexibility index (Phi) is 8.63. The number of fused-ring (bicyclic) bond motifs is 1. The van der Waals surface area contributed by atoms with Crippen molar-refractivity contribution in [3.05, 3.63) is 83.2 Å².